The van der Waals surface area contributed by atoms with Crippen LogP contribution in [0.1, 0.15) is 19.4 Å². The van der Waals surface area contributed by atoms with Gasteiger partial charge in [0, 0.05) is 10.5 Å². The molecule has 1 aromatic heterocycles. The molecule has 0 bridgehead atoms. The van der Waals surface area contributed by atoms with Gasteiger partial charge in [-0.05, 0) is 36.1 Å². The zero-order valence-electron chi connectivity index (χ0n) is 13.9. The van der Waals surface area contributed by atoms with E-state index in [9.17, 15) is 4.79 Å². The van der Waals surface area contributed by atoms with E-state index in [4.69, 9.17) is 4.42 Å². The molecule has 2 aromatic carbocycles. The summed E-state index contributed by atoms with van der Waals surface area (Å²) in [5.74, 6) is 1.10. The Morgan fingerprint density at radius 2 is 1.58 bits per heavy atom. The van der Waals surface area contributed by atoms with Gasteiger partial charge in [0.1, 0.15) is 10.7 Å². The fourth-order valence-electron chi connectivity index (χ4n) is 2.58. The number of benzene rings is 2. The Labute approximate surface area is 146 Å². The van der Waals surface area contributed by atoms with E-state index in [1.165, 1.54) is 11.8 Å². The molecule has 0 saturated heterocycles. The van der Waals surface area contributed by atoms with Gasteiger partial charge in [0.05, 0.1) is 0 Å². The monoisotopic (exact) mass is 336 g/mol. The molecular formula is C21H20O2S. The van der Waals surface area contributed by atoms with E-state index in [1.54, 1.807) is 0 Å². The van der Waals surface area contributed by atoms with Gasteiger partial charge in [0.2, 0.25) is 0 Å². The van der Waals surface area contributed by atoms with Crippen LogP contribution >= 0.6 is 11.8 Å². The molecule has 0 spiro atoms. The molecule has 3 aromatic rings. The van der Waals surface area contributed by atoms with E-state index in [0.29, 0.717) is 16.6 Å². The molecule has 0 fully saturated rings. The Morgan fingerprint density at radius 1 is 0.958 bits per heavy atom. The minimum absolute atomic E-state index is 0.263. The quantitative estimate of drug-likeness (QED) is 0.602. The maximum absolute atomic E-state index is 12.6. The van der Waals surface area contributed by atoms with E-state index >= 15 is 0 Å². The van der Waals surface area contributed by atoms with Crippen LogP contribution in [0.25, 0.3) is 11.3 Å². The minimum atomic E-state index is -0.263. The third-order valence-electron chi connectivity index (χ3n) is 3.63. The summed E-state index contributed by atoms with van der Waals surface area (Å²) in [6.45, 7) is 4.32. The van der Waals surface area contributed by atoms with Gasteiger partial charge >= 0.3 is 5.63 Å². The van der Waals surface area contributed by atoms with Crippen molar-refractivity contribution in [2.45, 2.75) is 30.1 Å². The van der Waals surface area contributed by atoms with Gasteiger partial charge in [-0.2, -0.15) is 0 Å². The fourth-order valence-corrected chi connectivity index (χ4v) is 3.51. The topological polar surface area (TPSA) is 30.2 Å². The smallest absolute Gasteiger partial charge is 0.350 e. The molecule has 0 aliphatic heterocycles. The summed E-state index contributed by atoms with van der Waals surface area (Å²) >= 11 is 1.48. The number of rotatable bonds is 5. The van der Waals surface area contributed by atoms with Gasteiger partial charge in [0.15, 0.2) is 0 Å². The lowest BCUT2D eigenvalue weighted by atomic mass is 10.0. The lowest BCUT2D eigenvalue weighted by Gasteiger charge is -2.12. The number of hydrogen-bond donors (Lipinski definition) is 0. The molecule has 0 amide bonds. The van der Waals surface area contributed by atoms with Crippen molar-refractivity contribution in [1.82, 2.24) is 0 Å². The van der Waals surface area contributed by atoms with Gasteiger partial charge in [-0.3, -0.25) is 0 Å². The van der Waals surface area contributed by atoms with Crippen molar-refractivity contribution in [1.29, 1.82) is 0 Å². The Kier molecular flexibility index (Phi) is 5.21. The highest BCUT2D eigenvalue weighted by Crippen LogP contribution is 2.31. The van der Waals surface area contributed by atoms with Crippen LogP contribution in [0, 0.1) is 5.92 Å². The Morgan fingerprint density at radius 3 is 2.21 bits per heavy atom. The van der Waals surface area contributed by atoms with E-state index in [1.807, 2.05) is 66.7 Å². The lowest BCUT2D eigenvalue weighted by molar-refractivity contribution is 0.500. The first-order chi connectivity index (χ1) is 11.6. The van der Waals surface area contributed by atoms with Gasteiger partial charge in [-0.1, -0.05) is 74.1 Å². The van der Waals surface area contributed by atoms with Crippen molar-refractivity contribution in [3.8, 4) is 11.3 Å². The molecule has 0 radical (unpaired) electrons. The molecule has 0 atom stereocenters. The normalized spacial score (nSPS) is 11.0. The highest BCUT2D eigenvalue weighted by molar-refractivity contribution is 7.99. The average molecular weight is 336 g/mol. The van der Waals surface area contributed by atoms with Crippen molar-refractivity contribution in [3.05, 3.63) is 82.7 Å². The highest BCUT2D eigenvalue weighted by Gasteiger charge is 2.15. The maximum Gasteiger partial charge on any atom is 0.350 e. The zero-order valence-corrected chi connectivity index (χ0v) is 14.7. The Balaban J connectivity index is 2.06. The Bertz CT molecular complexity index is 852. The standard InChI is InChI=1S/C21H20O2S/c1-15(2)13-17-14-19(16-9-5-3-6-10-16)23-21(22)20(17)24-18-11-7-4-8-12-18/h3-12,14-15H,13H2,1-2H3. The minimum Gasteiger partial charge on any atom is -0.422 e. The summed E-state index contributed by atoms with van der Waals surface area (Å²) in [5, 5.41) is 0. The van der Waals surface area contributed by atoms with Gasteiger partial charge in [-0.15, -0.1) is 0 Å². The van der Waals surface area contributed by atoms with Crippen LogP contribution in [0.2, 0.25) is 0 Å². The number of hydrogen-bond acceptors (Lipinski definition) is 3. The predicted octanol–water partition coefficient (Wildman–Crippen LogP) is 5.66. The molecule has 0 N–H and O–H groups in total. The van der Waals surface area contributed by atoms with Crippen LogP contribution in [0.3, 0.4) is 0 Å². The van der Waals surface area contributed by atoms with Crippen LogP contribution < -0.4 is 5.63 Å². The maximum atomic E-state index is 12.6. The zero-order chi connectivity index (χ0) is 16.9. The van der Waals surface area contributed by atoms with Crippen LogP contribution in [-0.2, 0) is 6.42 Å². The molecule has 3 rings (SSSR count). The van der Waals surface area contributed by atoms with Crippen molar-refractivity contribution in [2.75, 3.05) is 0 Å². The predicted molar refractivity (Wildman–Crippen MR) is 99.5 cm³/mol. The highest BCUT2D eigenvalue weighted by atomic mass is 32.2. The van der Waals surface area contributed by atoms with Gasteiger partial charge < -0.3 is 4.42 Å². The third-order valence-corrected chi connectivity index (χ3v) is 4.78. The van der Waals surface area contributed by atoms with Crippen LogP contribution in [0.5, 0.6) is 0 Å². The molecular weight excluding hydrogens is 316 g/mol. The largest absolute Gasteiger partial charge is 0.422 e. The molecule has 24 heavy (non-hydrogen) atoms. The van der Waals surface area contributed by atoms with Crippen molar-refractivity contribution in [2.24, 2.45) is 5.92 Å². The van der Waals surface area contributed by atoms with E-state index in [0.717, 1.165) is 22.4 Å². The molecule has 0 unspecified atom stereocenters. The molecule has 0 aliphatic rings. The second kappa shape index (κ2) is 7.54. The Hall–Kier alpha value is -2.26. The summed E-state index contributed by atoms with van der Waals surface area (Å²) in [5.41, 5.74) is 1.71. The van der Waals surface area contributed by atoms with Crippen molar-refractivity contribution < 1.29 is 4.42 Å². The van der Waals surface area contributed by atoms with E-state index < -0.39 is 0 Å². The summed E-state index contributed by atoms with van der Waals surface area (Å²) in [7, 11) is 0. The van der Waals surface area contributed by atoms with E-state index in [-0.39, 0.29) is 5.63 Å². The molecule has 122 valence electrons. The second-order valence-electron chi connectivity index (χ2n) is 6.13. The van der Waals surface area contributed by atoms with Crippen molar-refractivity contribution in [3.63, 3.8) is 0 Å². The second-order valence-corrected chi connectivity index (χ2v) is 7.22. The summed E-state index contributed by atoms with van der Waals surface area (Å²) in [6.07, 6.45) is 0.848. The van der Waals surface area contributed by atoms with E-state index in [2.05, 4.69) is 13.8 Å². The van der Waals surface area contributed by atoms with Crippen LogP contribution in [-0.4, -0.2) is 0 Å². The summed E-state index contributed by atoms with van der Waals surface area (Å²) in [4.78, 5) is 14.4. The molecule has 3 heteroatoms. The van der Waals surface area contributed by atoms with Crippen LogP contribution in [0.4, 0.5) is 0 Å². The first-order valence-corrected chi connectivity index (χ1v) is 8.90. The SMILES string of the molecule is CC(C)Cc1cc(-c2ccccc2)oc(=O)c1Sc1ccccc1. The molecule has 0 saturated carbocycles. The lowest BCUT2D eigenvalue weighted by Crippen LogP contribution is -2.09. The summed E-state index contributed by atoms with van der Waals surface area (Å²) in [6, 6.07) is 21.7. The van der Waals surface area contributed by atoms with Gasteiger partial charge in [-0.25, -0.2) is 4.79 Å². The third kappa shape index (κ3) is 3.98. The fraction of sp³-hybridized carbons (Fsp3) is 0.190. The first kappa shape index (κ1) is 16.6. The molecule has 1 heterocycles. The molecule has 0 aliphatic carbocycles. The molecule has 2 nitrogen and oxygen atoms in total. The van der Waals surface area contributed by atoms with Crippen molar-refractivity contribution >= 4 is 11.8 Å². The van der Waals surface area contributed by atoms with Crippen LogP contribution in [0.15, 0.2) is 85.7 Å². The summed E-state index contributed by atoms with van der Waals surface area (Å²) < 4.78 is 5.61. The average Bonchev–Trinajstić information content (AvgIpc) is 2.59. The first-order valence-electron chi connectivity index (χ1n) is 8.09. The van der Waals surface area contributed by atoms with Gasteiger partial charge in [0.25, 0.3) is 0 Å².